The van der Waals surface area contributed by atoms with E-state index in [1.165, 1.54) is 30.3 Å². The molecule has 0 amide bonds. The Morgan fingerprint density at radius 1 is 1.21 bits per heavy atom. The maximum atomic E-state index is 12.8. The highest BCUT2D eigenvalue weighted by Gasteiger charge is 2.34. The van der Waals surface area contributed by atoms with Crippen LogP contribution in [0.5, 0.6) is 0 Å². The summed E-state index contributed by atoms with van der Waals surface area (Å²) in [6, 6.07) is 8.29. The molecule has 1 aliphatic carbocycles. The lowest BCUT2D eigenvalue weighted by atomic mass is 10.1. The summed E-state index contributed by atoms with van der Waals surface area (Å²) in [5.74, 6) is 0. The molecule has 2 atom stereocenters. The number of nitro benzene ring substituents is 1. The van der Waals surface area contributed by atoms with Crippen molar-refractivity contribution in [1.29, 1.82) is 0 Å². The van der Waals surface area contributed by atoms with E-state index in [-0.39, 0.29) is 17.8 Å². The molecular formula is C16H13F3N2O3. The molecule has 0 heterocycles. The molecule has 0 saturated heterocycles. The standard InChI is InChI=1S/C16H13F3N2O3/c17-16(18,19)10-2-1-3-11(8-10)20-15-13-5-4-12(21(23)24)6-9(13)7-14(15)22/h1-6,8,14-15,20,22H,7H2/t14-,15-/m0/s1. The number of rotatable bonds is 3. The van der Waals surface area contributed by atoms with E-state index in [1.54, 1.807) is 0 Å². The number of hydrogen-bond donors (Lipinski definition) is 2. The van der Waals surface area contributed by atoms with Crippen LogP contribution in [0.15, 0.2) is 42.5 Å². The van der Waals surface area contributed by atoms with Gasteiger partial charge in [0.1, 0.15) is 0 Å². The summed E-state index contributed by atoms with van der Waals surface area (Å²) in [5.41, 5.74) is 0.608. The van der Waals surface area contributed by atoms with E-state index in [4.69, 9.17) is 0 Å². The van der Waals surface area contributed by atoms with Crippen LogP contribution in [0.2, 0.25) is 0 Å². The number of nitro groups is 1. The number of halogens is 3. The van der Waals surface area contributed by atoms with Crippen LogP contribution in [0, 0.1) is 10.1 Å². The van der Waals surface area contributed by atoms with Gasteiger partial charge in [-0.25, -0.2) is 0 Å². The monoisotopic (exact) mass is 338 g/mol. The molecule has 0 saturated carbocycles. The number of alkyl halides is 3. The summed E-state index contributed by atoms with van der Waals surface area (Å²) < 4.78 is 38.3. The van der Waals surface area contributed by atoms with Gasteiger partial charge in [-0.3, -0.25) is 10.1 Å². The predicted octanol–water partition coefficient (Wildman–Crippen LogP) is 3.68. The highest BCUT2D eigenvalue weighted by atomic mass is 19.4. The van der Waals surface area contributed by atoms with E-state index in [1.807, 2.05) is 0 Å². The molecule has 2 aromatic carbocycles. The smallest absolute Gasteiger partial charge is 0.390 e. The Morgan fingerprint density at radius 2 is 1.96 bits per heavy atom. The fraction of sp³-hybridized carbons (Fsp3) is 0.250. The Kier molecular flexibility index (Phi) is 3.92. The molecule has 0 spiro atoms. The average molecular weight is 338 g/mol. The zero-order valence-electron chi connectivity index (χ0n) is 12.2. The number of hydrogen-bond acceptors (Lipinski definition) is 4. The minimum atomic E-state index is -4.45. The van der Waals surface area contributed by atoms with Gasteiger partial charge < -0.3 is 10.4 Å². The molecule has 0 aromatic heterocycles. The minimum absolute atomic E-state index is 0.0827. The Hall–Kier alpha value is -2.61. The number of aliphatic hydroxyl groups excluding tert-OH is 1. The first kappa shape index (κ1) is 16.3. The lowest BCUT2D eigenvalue weighted by Gasteiger charge is -2.20. The molecule has 0 unspecified atom stereocenters. The van der Waals surface area contributed by atoms with Crippen LogP contribution in [0.3, 0.4) is 0 Å². The molecule has 0 bridgehead atoms. The van der Waals surface area contributed by atoms with Crippen LogP contribution in [-0.2, 0) is 12.6 Å². The SMILES string of the molecule is O=[N+]([O-])c1ccc2c(c1)C[C@H](O)[C@H]2Nc1cccc(C(F)(F)F)c1. The fourth-order valence-electron chi connectivity index (χ4n) is 2.88. The van der Waals surface area contributed by atoms with E-state index < -0.39 is 28.8 Å². The average Bonchev–Trinajstić information content (AvgIpc) is 2.82. The maximum Gasteiger partial charge on any atom is 0.416 e. The number of non-ortho nitro benzene ring substituents is 1. The first-order valence-corrected chi connectivity index (χ1v) is 7.15. The quantitative estimate of drug-likeness (QED) is 0.661. The third kappa shape index (κ3) is 3.05. The summed E-state index contributed by atoms with van der Waals surface area (Å²) in [7, 11) is 0. The van der Waals surface area contributed by atoms with Crippen molar-refractivity contribution in [2.75, 3.05) is 5.32 Å². The van der Waals surface area contributed by atoms with Gasteiger partial charge in [-0.05, 0) is 35.4 Å². The molecule has 2 N–H and O–H groups in total. The van der Waals surface area contributed by atoms with Crippen molar-refractivity contribution >= 4 is 11.4 Å². The molecule has 0 aliphatic heterocycles. The van der Waals surface area contributed by atoms with Gasteiger partial charge in [0.15, 0.2) is 0 Å². The van der Waals surface area contributed by atoms with E-state index in [2.05, 4.69) is 5.32 Å². The summed E-state index contributed by atoms with van der Waals surface area (Å²) in [4.78, 5) is 10.3. The highest BCUT2D eigenvalue weighted by molar-refractivity contribution is 5.53. The van der Waals surface area contributed by atoms with Gasteiger partial charge in [-0.1, -0.05) is 6.07 Å². The number of benzene rings is 2. The Bertz CT molecular complexity index is 792. The fourth-order valence-corrected chi connectivity index (χ4v) is 2.88. The van der Waals surface area contributed by atoms with Crippen molar-refractivity contribution in [2.24, 2.45) is 0 Å². The number of aliphatic hydroxyl groups is 1. The van der Waals surface area contributed by atoms with Crippen molar-refractivity contribution in [3.05, 3.63) is 69.3 Å². The van der Waals surface area contributed by atoms with Gasteiger partial charge in [0, 0.05) is 24.2 Å². The van der Waals surface area contributed by atoms with Gasteiger partial charge in [0.2, 0.25) is 0 Å². The van der Waals surface area contributed by atoms with E-state index in [9.17, 15) is 28.4 Å². The molecule has 3 rings (SSSR count). The summed E-state index contributed by atoms with van der Waals surface area (Å²) in [5, 5.41) is 23.9. The minimum Gasteiger partial charge on any atom is -0.390 e. The second-order valence-electron chi connectivity index (χ2n) is 5.61. The number of anilines is 1. The van der Waals surface area contributed by atoms with Crippen molar-refractivity contribution in [2.45, 2.75) is 24.7 Å². The molecule has 8 heteroatoms. The van der Waals surface area contributed by atoms with E-state index in [0.717, 1.165) is 12.1 Å². The van der Waals surface area contributed by atoms with Crippen molar-refractivity contribution in [3.8, 4) is 0 Å². The van der Waals surface area contributed by atoms with Crippen LogP contribution < -0.4 is 5.32 Å². The summed E-state index contributed by atoms with van der Waals surface area (Å²) in [6.45, 7) is 0. The summed E-state index contributed by atoms with van der Waals surface area (Å²) in [6.07, 6.45) is -5.13. The zero-order chi connectivity index (χ0) is 17.5. The second-order valence-corrected chi connectivity index (χ2v) is 5.61. The second kappa shape index (κ2) is 5.79. The van der Waals surface area contributed by atoms with E-state index >= 15 is 0 Å². The molecule has 0 radical (unpaired) electrons. The normalized spacial score (nSPS) is 19.8. The maximum absolute atomic E-state index is 12.8. The molecule has 24 heavy (non-hydrogen) atoms. The van der Waals surface area contributed by atoms with Crippen LogP contribution >= 0.6 is 0 Å². The van der Waals surface area contributed by atoms with Crippen LogP contribution in [-0.4, -0.2) is 16.1 Å². The highest BCUT2D eigenvalue weighted by Crippen LogP contribution is 2.37. The molecule has 126 valence electrons. The van der Waals surface area contributed by atoms with Crippen LogP contribution in [0.1, 0.15) is 22.7 Å². The largest absolute Gasteiger partial charge is 0.416 e. The first-order chi connectivity index (χ1) is 11.3. The lowest BCUT2D eigenvalue weighted by Crippen LogP contribution is -2.21. The van der Waals surface area contributed by atoms with Gasteiger partial charge in [0.05, 0.1) is 22.6 Å². The molecule has 0 fully saturated rings. The number of fused-ring (bicyclic) bond motifs is 1. The molecule has 2 aromatic rings. The van der Waals surface area contributed by atoms with Crippen molar-refractivity contribution in [3.63, 3.8) is 0 Å². The van der Waals surface area contributed by atoms with E-state index in [0.29, 0.717) is 11.1 Å². The summed E-state index contributed by atoms with van der Waals surface area (Å²) >= 11 is 0. The number of nitrogens with one attached hydrogen (secondary N) is 1. The Morgan fingerprint density at radius 3 is 2.62 bits per heavy atom. The third-order valence-electron chi connectivity index (χ3n) is 4.00. The molecular weight excluding hydrogens is 325 g/mol. The van der Waals surface area contributed by atoms with Crippen LogP contribution in [0.4, 0.5) is 24.5 Å². The van der Waals surface area contributed by atoms with Crippen molar-refractivity contribution < 1.29 is 23.2 Å². The Labute approximate surface area is 134 Å². The van der Waals surface area contributed by atoms with Gasteiger partial charge in [-0.2, -0.15) is 13.2 Å². The lowest BCUT2D eigenvalue weighted by molar-refractivity contribution is -0.384. The molecule has 1 aliphatic rings. The Balaban J connectivity index is 1.88. The number of nitrogens with zero attached hydrogens (tertiary/aromatic N) is 1. The molecule has 5 nitrogen and oxygen atoms in total. The zero-order valence-corrected chi connectivity index (χ0v) is 12.2. The van der Waals surface area contributed by atoms with Gasteiger partial charge in [0.25, 0.3) is 5.69 Å². The van der Waals surface area contributed by atoms with Crippen molar-refractivity contribution in [1.82, 2.24) is 0 Å². The van der Waals surface area contributed by atoms with Crippen LogP contribution in [0.25, 0.3) is 0 Å². The topological polar surface area (TPSA) is 75.4 Å². The van der Waals surface area contributed by atoms with Gasteiger partial charge >= 0.3 is 6.18 Å². The van der Waals surface area contributed by atoms with Gasteiger partial charge in [-0.15, -0.1) is 0 Å². The first-order valence-electron chi connectivity index (χ1n) is 7.15. The third-order valence-corrected chi connectivity index (χ3v) is 4.00. The predicted molar refractivity (Wildman–Crippen MR) is 80.6 cm³/mol.